The molecular formula is C32H41NSiZr. The van der Waals surface area contributed by atoms with Gasteiger partial charge < -0.3 is 0 Å². The van der Waals surface area contributed by atoms with Crippen LogP contribution in [0.2, 0.25) is 4.63 Å². The molecule has 0 aromatic heterocycles. The van der Waals surface area contributed by atoms with E-state index in [1.165, 1.54) is 30.4 Å². The molecule has 5 rings (SSSR count). The molecule has 1 N–H and O–H groups in total. The molecule has 2 aliphatic carbocycles. The largest absolute Gasteiger partial charge is 0.0622 e. The average molecular weight is 559 g/mol. The third-order valence-corrected chi connectivity index (χ3v) is 28.9. The van der Waals surface area contributed by atoms with E-state index < -0.39 is 19.7 Å². The fourth-order valence-electron chi connectivity index (χ4n) is 5.75. The first kappa shape index (κ1) is 26.3. The molecule has 3 aromatic rings. The molecular weight excluding hydrogens is 518 g/mol. The first-order chi connectivity index (χ1) is 16.9. The molecule has 0 heterocycles. The van der Waals surface area contributed by atoms with Gasteiger partial charge in [0.05, 0.1) is 0 Å². The van der Waals surface area contributed by atoms with Crippen LogP contribution in [0.4, 0.5) is 0 Å². The number of rotatable bonds is 6. The number of benzene rings is 3. The van der Waals surface area contributed by atoms with Gasteiger partial charge in [0.25, 0.3) is 0 Å². The second kappa shape index (κ2) is 12.0. The number of allylic oxidation sites excluding steroid dienone is 4. The van der Waals surface area contributed by atoms with Gasteiger partial charge in [0.2, 0.25) is 0 Å². The summed E-state index contributed by atoms with van der Waals surface area (Å²) < 4.78 is 8.90. The normalized spacial score (nSPS) is 20.0. The van der Waals surface area contributed by atoms with Crippen molar-refractivity contribution in [2.24, 2.45) is 5.92 Å². The first-order valence-electron chi connectivity index (χ1n) is 13.2. The van der Waals surface area contributed by atoms with Crippen LogP contribution in [-0.2, 0) is 19.7 Å². The van der Waals surface area contributed by atoms with Gasteiger partial charge in [0.1, 0.15) is 0 Å². The van der Waals surface area contributed by atoms with Crippen molar-refractivity contribution in [3.05, 3.63) is 111 Å². The smallest absolute Gasteiger partial charge is 0.0184 e. The van der Waals surface area contributed by atoms with Crippen molar-refractivity contribution in [2.45, 2.75) is 57.6 Å². The van der Waals surface area contributed by atoms with Crippen LogP contribution in [0.3, 0.4) is 0 Å². The van der Waals surface area contributed by atoms with Crippen molar-refractivity contribution in [3.63, 3.8) is 0 Å². The summed E-state index contributed by atoms with van der Waals surface area (Å²) in [6.45, 7) is 9.32. The molecule has 2 aliphatic rings. The van der Waals surface area contributed by atoms with Crippen molar-refractivity contribution >= 4 is 11.8 Å². The Hall–Kier alpha value is -1.80. The molecule has 3 aromatic carbocycles. The second-order valence-corrected chi connectivity index (χ2v) is 31.3. The van der Waals surface area contributed by atoms with Gasteiger partial charge in [-0.2, -0.15) is 0 Å². The van der Waals surface area contributed by atoms with E-state index in [9.17, 15) is 0 Å². The topological polar surface area (TPSA) is 12.0 Å². The Morgan fingerprint density at radius 3 is 1.60 bits per heavy atom. The molecule has 1 fully saturated rings. The van der Waals surface area contributed by atoms with E-state index in [1.54, 1.807) is 21.9 Å². The zero-order chi connectivity index (χ0) is 24.8. The van der Waals surface area contributed by atoms with Crippen molar-refractivity contribution in [2.75, 3.05) is 0 Å². The zero-order valence-corrected chi connectivity index (χ0v) is 26.0. The van der Waals surface area contributed by atoms with Gasteiger partial charge in [-0.05, 0) is 11.1 Å². The van der Waals surface area contributed by atoms with E-state index in [1.807, 2.05) is 15.4 Å². The van der Waals surface area contributed by atoms with E-state index in [0.29, 0.717) is 5.92 Å². The monoisotopic (exact) mass is 557 g/mol. The van der Waals surface area contributed by atoms with Crippen LogP contribution in [0.15, 0.2) is 111 Å². The Morgan fingerprint density at radius 2 is 1.20 bits per heavy atom. The van der Waals surface area contributed by atoms with Crippen LogP contribution in [-0.4, -0.2) is 12.7 Å². The minimum Gasteiger partial charge on any atom is -0.0622 e. The van der Waals surface area contributed by atoms with Crippen molar-refractivity contribution in [3.8, 4) is 11.1 Å². The number of hydrogen-bond acceptors (Lipinski definition) is 1. The van der Waals surface area contributed by atoms with Gasteiger partial charge in [0.15, 0.2) is 0 Å². The summed E-state index contributed by atoms with van der Waals surface area (Å²) >= 11 is -2.48. The molecule has 2 atom stereocenters. The Morgan fingerprint density at radius 1 is 0.714 bits per heavy atom. The van der Waals surface area contributed by atoms with Crippen molar-refractivity contribution < 1.29 is 19.7 Å². The Labute approximate surface area is 219 Å². The Bertz CT molecular complexity index is 1130. The number of nitrogens with one attached hydrogen (secondary N) is 1. The van der Waals surface area contributed by atoms with Crippen LogP contribution in [0, 0.1) is 5.92 Å². The van der Waals surface area contributed by atoms with E-state index in [0.717, 1.165) is 6.04 Å². The van der Waals surface area contributed by atoms with E-state index in [4.69, 9.17) is 0 Å². The van der Waals surface area contributed by atoms with Gasteiger partial charge in [0, 0.05) is 0 Å². The molecule has 0 radical (unpaired) electrons. The summed E-state index contributed by atoms with van der Waals surface area (Å²) in [5, 5.41) is 1.66. The second-order valence-electron chi connectivity index (χ2n) is 10.6. The van der Waals surface area contributed by atoms with Crippen LogP contribution < -0.4 is 8.45 Å². The van der Waals surface area contributed by atoms with Gasteiger partial charge >= 0.3 is 149 Å². The molecule has 35 heavy (non-hydrogen) atoms. The fraction of sp³-hybridized carbons (Fsp3) is 0.312. The summed E-state index contributed by atoms with van der Waals surface area (Å²) in [6, 6.07) is 33.0. The minimum atomic E-state index is -2.48. The maximum absolute atomic E-state index is 4.31. The van der Waals surface area contributed by atoms with Crippen LogP contribution >= 0.6 is 0 Å². The molecule has 0 bridgehead atoms. The summed E-state index contributed by atoms with van der Waals surface area (Å²) in [5.41, 5.74) is 7.39. The van der Waals surface area contributed by atoms with Crippen molar-refractivity contribution in [1.82, 2.24) is 3.26 Å². The summed E-state index contributed by atoms with van der Waals surface area (Å²) in [6.07, 6.45) is 4.24. The van der Waals surface area contributed by atoms with E-state index in [2.05, 4.69) is 114 Å². The fourth-order valence-corrected chi connectivity index (χ4v) is 31.1. The van der Waals surface area contributed by atoms with Crippen LogP contribution in [0.5, 0.6) is 0 Å². The molecule has 182 valence electrons. The summed E-state index contributed by atoms with van der Waals surface area (Å²) in [4.78, 5) is 0. The van der Waals surface area contributed by atoms with Crippen LogP contribution in [0.1, 0.15) is 47.0 Å². The molecule has 1 saturated carbocycles. The third-order valence-electron chi connectivity index (χ3n) is 8.14. The molecule has 3 heteroatoms. The Kier molecular flexibility index (Phi) is 8.97. The maximum Gasteiger partial charge on any atom is -0.0184 e. The van der Waals surface area contributed by atoms with Gasteiger partial charge in [-0.15, -0.1) is 0 Å². The molecule has 0 spiro atoms. The van der Waals surface area contributed by atoms with E-state index in [-0.39, 0.29) is 6.65 Å². The molecule has 0 aliphatic heterocycles. The molecule has 1 nitrogen and oxygen atoms in total. The molecule has 0 amide bonds. The summed E-state index contributed by atoms with van der Waals surface area (Å²) in [5.74, 6) is 0.680. The van der Waals surface area contributed by atoms with Gasteiger partial charge in [-0.25, -0.2) is 0 Å². The van der Waals surface area contributed by atoms with Gasteiger partial charge in [-0.3, -0.25) is 0 Å². The SMILES string of the molecule is CC1=C(C)C(C)[C]([Zr]([CH3])([NH]C2CCC2)[SiH2]c2ccccc2)=C1C.c1ccc(-c2ccccc2)cc1. The summed E-state index contributed by atoms with van der Waals surface area (Å²) in [7, 11) is 0. The Balaban J connectivity index is 0.000000201. The molecule has 2 unspecified atom stereocenters. The minimum absolute atomic E-state index is 0.236. The predicted molar refractivity (Wildman–Crippen MR) is 153 cm³/mol. The zero-order valence-electron chi connectivity index (χ0n) is 22.1. The van der Waals surface area contributed by atoms with Crippen LogP contribution in [0.25, 0.3) is 11.1 Å². The van der Waals surface area contributed by atoms with Gasteiger partial charge in [-0.1, -0.05) is 60.7 Å². The number of hydrogen-bond donors (Lipinski definition) is 1. The predicted octanol–water partition coefficient (Wildman–Crippen LogP) is 7.27. The molecule has 0 saturated heterocycles. The van der Waals surface area contributed by atoms with Crippen molar-refractivity contribution in [1.29, 1.82) is 0 Å². The first-order valence-corrected chi connectivity index (χ1v) is 24.7. The standard InChI is InChI=1S/C12H10.C9H13.C6H7Si.C4H8N.CH3.Zr/c1-3-7-11(8-4-1)12-9-5-2-6-10-12;1-6-5-7(2)9(4)8(6)3;7-6-4-2-1-3-5-6;5-4-2-1-3-4;;/h1-10H;6H,1-4H3;1-5H,7H2;4-5H,1-3H2;1H3;/q;;;-1;;+1. The van der Waals surface area contributed by atoms with E-state index >= 15 is 0 Å². The maximum atomic E-state index is 4.31. The third kappa shape index (κ3) is 6.31. The average Bonchev–Trinajstić information content (AvgIpc) is 3.06. The quantitative estimate of drug-likeness (QED) is 0.314.